The van der Waals surface area contributed by atoms with Gasteiger partial charge < -0.3 is 10.6 Å². The number of rotatable bonds is 2. The van der Waals surface area contributed by atoms with Gasteiger partial charge in [-0.3, -0.25) is 4.79 Å². The van der Waals surface area contributed by atoms with E-state index in [1.807, 2.05) is 6.92 Å². The van der Waals surface area contributed by atoms with Crippen LogP contribution in [0.1, 0.15) is 22.8 Å². The van der Waals surface area contributed by atoms with E-state index >= 15 is 0 Å². The summed E-state index contributed by atoms with van der Waals surface area (Å²) in [4.78, 5) is 12.1. The minimum atomic E-state index is -3.55. The smallest absolute Gasteiger partial charge is 0.251 e. The van der Waals surface area contributed by atoms with Crippen LogP contribution in [0, 0.1) is 0 Å². The summed E-state index contributed by atoms with van der Waals surface area (Å²) in [6.07, 6.45) is 0.742. The molecule has 6 nitrogen and oxygen atoms in total. The second-order valence-electron chi connectivity index (χ2n) is 5.49. The van der Waals surface area contributed by atoms with Crippen LogP contribution >= 0.6 is 0 Å². The van der Waals surface area contributed by atoms with Crippen molar-refractivity contribution in [1.82, 2.24) is 14.9 Å². The third-order valence-corrected chi connectivity index (χ3v) is 6.06. The molecular weight excluding hydrogens is 290 g/mol. The maximum Gasteiger partial charge on any atom is 0.251 e. The lowest BCUT2D eigenvalue weighted by molar-refractivity contribution is 0.0945. The molecule has 0 saturated carbocycles. The third kappa shape index (κ3) is 2.56. The number of nitrogens with one attached hydrogen (secondary N) is 2. The van der Waals surface area contributed by atoms with Crippen LogP contribution in [0.3, 0.4) is 0 Å². The monoisotopic (exact) mass is 309 g/mol. The van der Waals surface area contributed by atoms with E-state index in [0.29, 0.717) is 31.7 Å². The van der Waals surface area contributed by atoms with E-state index in [-0.39, 0.29) is 16.8 Å². The van der Waals surface area contributed by atoms with E-state index in [9.17, 15) is 13.2 Å². The highest BCUT2D eigenvalue weighted by Gasteiger charge is 2.32. The van der Waals surface area contributed by atoms with Crippen molar-refractivity contribution in [2.75, 3.05) is 26.2 Å². The number of fused-ring (bicyclic) bond motifs is 1. The Labute approximate surface area is 124 Å². The zero-order chi connectivity index (χ0) is 15.0. The van der Waals surface area contributed by atoms with Crippen LogP contribution in [0.25, 0.3) is 0 Å². The average Bonchev–Trinajstić information content (AvgIpc) is 2.47. The van der Waals surface area contributed by atoms with Crippen molar-refractivity contribution in [2.45, 2.75) is 24.3 Å². The zero-order valence-electron chi connectivity index (χ0n) is 11.9. The molecule has 2 N–H and O–H groups in total. The highest BCUT2D eigenvalue weighted by atomic mass is 32.2. The molecule has 1 fully saturated rings. The topological polar surface area (TPSA) is 78.5 Å². The Bertz CT molecular complexity index is 672. The van der Waals surface area contributed by atoms with Crippen molar-refractivity contribution < 1.29 is 13.2 Å². The van der Waals surface area contributed by atoms with Gasteiger partial charge in [0.05, 0.1) is 4.90 Å². The van der Waals surface area contributed by atoms with Gasteiger partial charge in [-0.15, -0.1) is 0 Å². The van der Waals surface area contributed by atoms with Gasteiger partial charge in [-0.1, -0.05) is 6.07 Å². The highest BCUT2D eigenvalue weighted by molar-refractivity contribution is 7.89. The van der Waals surface area contributed by atoms with Crippen LogP contribution in [0.5, 0.6) is 0 Å². The predicted molar refractivity (Wildman–Crippen MR) is 78.7 cm³/mol. The van der Waals surface area contributed by atoms with Gasteiger partial charge in [0.1, 0.15) is 0 Å². The fourth-order valence-electron chi connectivity index (χ4n) is 2.87. The first-order valence-electron chi connectivity index (χ1n) is 7.14. The minimum Gasteiger partial charge on any atom is -0.352 e. The van der Waals surface area contributed by atoms with Crippen molar-refractivity contribution in [3.63, 3.8) is 0 Å². The lowest BCUT2D eigenvalue weighted by Crippen LogP contribution is -2.52. The molecule has 0 radical (unpaired) electrons. The molecule has 2 aliphatic rings. The SMILES string of the molecule is CC1CNCCN1S(=O)(=O)c1ccc2c(c1)C(=O)NCC2. The van der Waals surface area contributed by atoms with Crippen molar-refractivity contribution >= 4 is 15.9 Å². The van der Waals surface area contributed by atoms with Gasteiger partial charge in [0.25, 0.3) is 5.91 Å². The minimum absolute atomic E-state index is 0.0893. The lowest BCUT2D eigenvalue weighted by atomic mass is 10.0. The molecule has 21 heavy (non-hydrogen) atoms. The van der Waals surface area contributed by atoms with E-state index in [0.717, 1.165) is 12.0 Å². The van der Waals surface area contributed by atoms with Crippen molar-refractivity contribution in [3.05, 3.63) is 29.3 Å². The standard InChI is InChI=1S/C14H19N3O3S/c1-10-9-15-6-7-17(10)21(19,20)12-3-2-11-4-5-16-14(18)13(11)8-12/h2-3,8,10,15H,4-7,9H2,1H3,(H,16,18). The Balaban J connectivity index is 1.99. The van der Waals surface area contributed by atoms with Crippen LogP contribution in [0.2, 0.25) is 0 Å². The Morgan fingerprint density at radius 3 is 2.86 bits per heavy atom. The maximum absolute atomic E-state index is 12.8. The first-order valence-corrected chi connectivity index (χ1v) is 8.58. The average molecular weight is 309 g/mol. The third-order valence-electron chi connectivity index (χ3n) is 4.05. The summed E-state index contributed by atoms with van der Waals surface area (Å²) in [7, 11) is -3.55. The van der Waals surface area contributed by atoms with Gasteiger partial charge in [0.15, 0.2) is 0 Å². The quantitative estimate of drug-likeness (QED) is 0.803. The normalized spacial score (nSPS) is 23.5. The molecule has 1 atom stereocenters. The molecule has 1 saturated heterocycles. The highest BCUT2D eigenvalue weighted by Crippen LogP contribution is 2.23. The number of carbonyl (C=O) groups is 1. The fourth-order valence-corrected chi connectivity index (χ4v) is 4.52. The van der Waals surface area contributed by atoms with E-state index in [1.165, 1.54) is 10.4 Å². The zero-order valence-corrected chi connectivity index (χ0v) is 12.7. The molecule has 7 heteroatoms. The molecule has 0 aromatic heterocycles. The summed E-state index contributed by atoms with van der Waals surface area (Å²) in [5.74, 6) is -0.193. The Morgan fingerprint density at radius 2 is 2.10 bits per heavy atom. The van der Waals surface area contributed by atoms with E-state index in [1.54, 1.807) is 12.1 Å². The summed E-state index contributed by atoms with van der Waals surface area (Å²) in [5, 5.41) is 5.92. The second-order valence-corrected chi connectivity index (χ2v) is 7.38. The molecule has 3 rings (SSSR count). The number of amides is 1. The molecule has 1 aromatic rings. The summed E-state index contributed by atoms with van der Waals surface area (Å²) < 4.78 is 27.0. The predicted octanol–water partition coefficient (Wildman–Crippen LogP) is -0.0451. The van der Waals surface area contributed by atoms with Crippen LogP contribution < -0.4 is 10.6 Å². The van der Waals surface area contributed by atoms with Crippen molar-refractivity contribution in [3.8, 4) is 0 Å². The van der Waals surface area contributed by atoms with Crippen molar-refractivity contribution in [2.24, 2.45) is 0 Å². The maximum atomic E-state index is 12.8. The number of piperazine rings is 1. The van der Waals surface area contributed by atoms with Crippen LogP contribution in [0.4, 0.5) is 0 Å². The summed E-state index contributed by atoms with van der Waals surface area (Å²) in [6, 6.07) is 4.79. The molecule has 1 amide bonds. The van der Waals surface area contributed by atoms with Gasteiger partial charge in [-0.05, 0) is 31.0 Å². The number of benzene rings is 1. The molecule has 0 bridgehead atoms. The second kappa shape index (κ2) is 5.40. The van der Waals surface area contributed by atoms with Gasteiger partial charge in [0, 0.05) is 37.8 Å². The summed E-state index contributed by atoms with van der Waals surface area (Å²) in [6.45, 7) is 4.23. The number of hydrogen-bond acceptors (Lipinski definition) is 4. The van der Waals surface area contributed by atoms with E-state index < -0.39 is 10.0 Å². The lowest BCUT2D eigenvalue weighted by Gasteiger charge is -2.33. The van der Waals surface area contributed by atoms with Gasteiger partial charge in [0.2, 0.25) is 10.0 Å². The van der Waals surface area contributed by atoms with Crippen LogP contribution in [0.15, 0.2) is 23.1 Å². The Kier molecular flexibility index (Phi) is 3.73. The van der Waals surface area contributed by atoms with Gasteiger partial charge >= 0.3 is 0 Å². The van der Waals surface area contributed by atoms with Gasteiger partial charge in [-0.2, -0.15) is 4.31 Å². The van der Waals surface area contributed by atoms with E-state index in [4.69, 9.17) is 0 Å². The number of sulfonamides is 1. The van der Waals surface area contributed by atoms with Gasteiger partial charge in [-0.25, -0.2) is 8.42 Å². The Hall–Kier alpha value is -1.44. The first-order chi connectivity index (χ1) is 10.00. The number of carbonyl (C=O) groups excluding carboxylic acids is 1. The summed E-state index contributed by atoms with van der Waals surface area (Å²) >= 11 is 0. The molecule has 2 aliphatic heterocycles. The molecule has 114 valence electrons. The number of nitrogens with zero attached hydrogens (tertiary/aromatic N) is 1. The molecule has 1 aromatic carbocycles. The van der Waals surface area contributed by atoms with E-state index in [2.05, 4.69) is 10.6 Å². The van der Waals surface area contributed by atoms with Crippen LogP contribution in [-0.2, 0) is 16.4 Å². The molecular formula is C14H19N3O3S. The molecule has 2 heterocycles. The largest absolute Gasteiger partial charge is 0.352 e. The number of hydrogen-bond donors (Lipinski definition) is 2. The summed E-state index contributed by atoms with van der Waals surface area (Å²) in [5.41, 5.74) is 1.39. The van der Waals surface area contributed by atoms with Crippen LogP contribution in [-0.4, -0.2) is 50.9 Å². The molecule has 1 unspecified atom stereocenters. The fraction of sp³-hybridized carbons (Fsp3) is 0.500. The molecule has 0 aliphatic carbocycles. The molecule has 0 spiro atoms. The Morgan fingerprint density at radius 1 is 1.29 bits per heavy atom. The first kappa shape index (κ1) is 14.5. The van der Waals surface area contributed by atoms with Crippen molar-refractivity contribution in [1.29, 1.82) is 0 Å².